The predicted octanol–water partition coefficient (Wildman–Crippen LogP) is 6.37. The molecule has 0 spiro atoms. The van der Waals surface area contributed by atoms with Crippen molar-refractivity contribution in [1.82, 2.24) is 0 Å². The van der Waals surface area contributed by atoms with Gasteiger partial charge in [0.25, 0.3) is 0 Å². The van der Waals surface area contributed by atoms with E-state index >= 15 is 0 Å². The lowest BCUT2D eigenvalue weighted by molar-refractivity contribution is 0.293. The molecule has 138 valence electrons. The molecule has 2 saturated heterocycles. The van der Waals surface area contributed by atoms with E-state index in [4.69, 9.17) is 9.47 Å². The third-order valence-corrected chi connectivity index (χ3v) is 5.21. The first-order chi connectivity index (χ1) is 11.3. The maximum absolute atomic E-state index is 5.36. The van der Waals surface area contributed by atoms with Gasteiger partial charge in [-0.2, -0.15) is 0 Å². The Morgan fingerprint density at radius 2 is 0.957 bits per heavy atom. The standard InChI is InChI=1S/C11H22O.C10H20O/c1-3-5-7-10(8-6-4-2)11-9-12-11;1-3-5-7-9(6-4-2)10-8-11-10/h10-11H,3-9H2,1-2H3;9-10H,3-8H2,1-2H3. The summed E-state index contributed by atoms with van der Waals surface area (Å²) in [5.41, 5.74) is 0. The summed E-state index contributed by atoms with van der Waals surface area (Å²) in [6, 6.07) is 0. The number of hydrogen-bond donors (Lipinski definition) is 0. The van der Waals surface area contributed by atoms with Crippen LogP contribution in [0.15, 0.2) is 0 Å². The molecule has 23 heavy (non-hydrogen) atoms. The number of rotatable bonds is 13. The van der Waals surface area contributed by atoms with Crippen molar-refractivity contribution in [2.24, 2.45) is 11.8 Å². The first-order valence-corrected chi connectivity index (χ1v) is 10.5. The van der Waals surface area contributed by atoms with E-state index in [-0.39, 0.29) is 0 Å². The Bertz CT molecular complexity index is 251. The van der Waals surface area contributed by atoms with Crippen LogP contribution in [0.4, 0.5) is 0 Å². The van der Waals surface area contributed by atoms with Gasteiger partial charge in [-0.05, 0) is 37.5 Å². The molecule has 0 radical (unpaired) electrons. The molecule has 2 rings (SSSR count). The van der Waals surface area contributed by atoms with Gasteiger partial charge in [0.15, 0.2) is 0 Å². The minimum absolute atomic E-state index is 0.640. The van der Waals surface area contributed by atoms with E-state index in [9.17, 15) is 0 Å². The van der Waals surface area contributed by atoms with Gasteiger partial charge < -0.3 is 9.47 Å². The van der Waals surface area contributed by atoms with E-state index in [0.29, 0.717) is 12.2 Å². The molecular weight excluding hydrogens is 284 g/mol. The summed E-state index contributed by atoms with van der Waals surface area (Å²) in [6.45, 7) is 11.1. The molecule has 0 aliphatic carbocycles. The van der Waals surface area contributed by atoms with E-state index < -0.39 is 0 Å². The molecule has 0 amide bonds. The Labute approximate surface area is 145 Å². The molecule has 0 aromatic heterocycles. The lowest BCUT2D eigenvalue weighted by Gasteiger charge is -2.12. The van der Waals surface area contributed by atoms with Crippen LogP contribution in [0.2, 0.25) is 0 Å². The molecule has 2 aliphatic heterocycles. The average molecular weight is 327 g/mol. The van der Waals surface area contributed by atoms with Crippen LogP contribution in [0.1, 0.15) is 98.3 Å². The fraction of sp³-hybridized carbons (Fsp3) is 1.00. The molecule has 3 unspecified atom stereocenters. The van der Waals surface area contributed by atoms with Crippen LogP contribution in [-0.2, 0) is 9.47 Å². The Balaban J connectivity index is 0.000000231. The first kappa shape index (κ1) is 21.0. The van der Waals surface area contributed by atoms with Crippen LogP contribution >= 0.6 is 0 Å². The Morgan fingerprint density at radius 3 is 1.22 bits per heavy atom. The molecule has 2 heterocycles. The van der Waals surface area contributed by atoms with Crippen LogP contribution in [0.3, 0.4) is 0 Å². The predicted molar refractivity (Wildman–Crippen MR) is 99.9 cm³/mol. The van der Waals surface area contributed by atoms with Crippen LogP contribution in [0.25, 0.3) is 0 Å². The second-order valence-corrected chi connectivity index (χ2v) is 7.48. The van der Waals surface area contributed by atoms with E-state index in [1.54, 1.807) is 0 Å². The van der Waals surface area contributed by atoms with E-state index in [1.165, 1.54) is 70.6 Å². The molecule has 0 aromatic carbocycles. The highest BCUT2D eigenvalue weighted by molar-refractivity contribution is 4.79. The summed E-state index contributed by atoms with van der Waals surface area (Å²) in [5.74, 6) is 1.75. The fourth-order valence-corrected chi connectivity index (χ4v) is 3.46. The average Bonchev–Trinajstić information content (AvgIpc) is 3.44. The van der Waals surface area contributed by atoms with E-state index in [2.05, 4.69) is 27.7 Å². The third-order valence-electron chi connectivity index (χ3n) is 5.21. The number of epoxide rings is 2. The molecule has 0 bridgehead atoms. The summed E-state index contributed by atoms with van der Waals surface area (Å²) >= 11 is 0. The topological polar surface area (TPSA) is 25.1 Å². The highest BCUT2D eigenvalue weighted by Gasteiger charge is 2.31. The van der Waals surface area contributed by atoms with Gasteiger partial charge in [-0.15, -0.1) is 0 Å². The molecule has 3 atom stereocenters. The summed E-state index contributed by atoms with van der Waals surface area (Å²) in [4.78, 5) is 0. The van der Waals surface area contributed by atoms with Gasteiger partial charge >= 0.3 is 0 Å². The normalized spacial score (nSPS) is 23.3. The largest absolute Gasteiger partial charge is 0.373 e. The van der Waals surface area contributed by atoms with E-state index in [0.717, 1.165) is 25.0 Å². The molecule has 2 aliphatic rings. The summed E-state index contributed by atoms with van der Waals surface area (Å²) in [6.07, 6.45) is 16.3. The second kappa shape index (κ2) is 13.2. The van der Waals surface area contributed by atoms with Gasteiger partial charge in [0.2, 0.25) is 0 Å². The van der Waals surface area contributed by atoms with Crippen molar-refractivity contribution in [3.05, 3.63) is 0 Å². The van der Waals surface area contributed by atoms with Crippen molar-refractivity contribution in [3.63, 3.8) is 0 Å². The number of hydrogen-bond acceptors (Lipinski definition) is 2. The van der Waals surface area contributed by atoms with Crippen LogP contribution < -0.4 is 0 Å². The zero-order valence-electron chi connectivity index (χ0n) is 16.3. The fourth-order valence-electron chi connectivity index (χ4n) is 3.46. The van der Waals surface area contributed by atoms with Crippen LogP contribution in [-0.4, -0.2) is 25.4 Å². The summed E-state index contributed by atoms with van der Waals surface area (Å²) in [5, 5.41) is 0. The molecule has 2 fully saturated rings. The number of ether oxygens (including phenoxy) is 2. The van der Waals surface area contributed by atoms with Crippen LogP contribution in [0.5, 0.6) is 0 Å². The lowest BCUT2D eigenvalue weighted by Crippen LogP contribution is -2.08. The van der Waals surface area contributed by atoms with Crippen molar-refractivity contribution in [2.75, 3.05) is 13.2 Å². The lowest BCUT2D eigenvalue weighted by atomic mass is 9.93. The smallest absolute Gasteiger partial charge is 0.0838 e. The minimum atomic E-state index is 0.640. The van der Waals surface area contributed by atoms with Gasteiger partial charge in [-0.3, -0.25) is 0 Å². The quantitative estimate of drug-likeness (QED) is 0.367. The SMILES string of the molecule is CCCCC(CCC)C1CO1.CCCCC(CCCC)C1CO1. The van der Waals surface area contributed by atoms with Crippen molar-refractivity contribution >= 4 is 0 Å². The first-order valence-electron chi connectivity index (χ1n) is 10.5. The molecule has 2 heteroatoms. The maximum atomic E-state index is 5.36. The summed E-state index contributed by atoms with van der Waals surface area (Å²) in [7, 11) is 0. The maximum Gasteiger partial charge on any atom is 0.0838 e. The van der Waals surface area contributed by atoms with Gasteiger partial charge in [0.05, 0.1) is 25.4 Å². The zero-order chi connectivity index (χ0) is 16.9. The van der Waals surface area contributed by atoms with Crippen molar-refractivity contribution < 1.29 is 9.47 Å². The molecule has 0 aromatic rings. The van der Waals surface area contributed by atoms with E-state index in [1.807, 2.05) is 0 Å². The van der Waals surface area contributed by atoms with Gasteiger partial charge in [0.1, 0.15) is 0 Å². The Morgan fingerprint density at radius 1 is 0.609 bits per heavy atom. The molecule has 0 saturated carbocycles. The van der Waals surface area contributed by atoms with Gasteiger partial charge in [-0.25, -0.2) is 0 Å². The minimum Gasteiger partial charge on any atom is -0.373 e. The van der Waals surface area contributed by atoms with Crippen molar-refractivity contribution in [2.45, 2.75) is 111 Å². The van der Waals surface area contributed by atoms with Gasteiger partial charge in [-0.1, -0.05) is 72.6 Å². The van der Waals surface area contributed by atoms with Crippen molar-refractivity contribution in [1.29, 1.82) is 0 Å². The Kier molecular flexibility index (Phi) is 12.1. The molecule has 0 N–H and O–H groups in total. The molecule has 2 nitrogen and oxygen atoms in total. The summed E-state index contributed by atoms with van der Waals surface area (Å²) < 4.78 is 10.7. The number of unbranched alkanes of at least 4 members (excludes halogenated alkanes) is 3. The zero-order valence-corrected chi connectivity index (χ0v) is 16.3. The second-order valence-electron chi connectivity index (χ2n) is 7.48. The monoisotopic (exact) mass is 326 g/mol. The van der Waals surface area contributed by atoms with Crippen molar-refractivity contribution in [3.8, 4) is 0 Å². The third kappa shape index (κ3) is 10.4. The highest BCUT2D eigenvalue weighted by atomic mass is 16.6. The molecular formula is C21H42O2. The van der Waals surface area contributed by atoms with Crippen LogP contribution in [0, 0.1) is 11.8 Å². The van der Waals surface area contributed by atoms with Gasteiger partial charge in [0, 0.05) is 0 Å². The highest BCUT2D eigenvalue weighted by Crippen LogP contribution is 2.29. The Hall–Kier alpha value is -0.0800.